The van der Waals surface area contributed by atoms with Crippen molar-refractivity contribution in [2.24, 2.45) is 5.92 Å². The minimum Gasteiger partial charge on any atom is -0.489 e. The topological polar surface area (TPSA) is 67.4 Å². The first kappa shape index (κ1) is 20.1. The van der Waals surface area contributed by atoms with Gasteiger partial charge in [-0.1, -0.05) is 44.2 Å². The van der Waals surface area contributed by atoms with E-state index in [1.54, 1.807) is 48.5 Å². The molecule has 0 saturated heterocycles. The fourth-order valence-electron chi connectivity index (χ4n) is 2.57. The van der Waals surface area contributed by atoms with Gasteiger partial charge in [-0.15, -0.1) is 0 Å². The van der Waals surface area contributed by atoms with Gasteiger partial charge in [0, 0.05) is 22.9 Å². The van der Waals surface area contributed by atoms with Gasteiger partial charge in [0.1, 0.15) is 12.4 Å². The van der Waals surface area contributed by atoms with Gasteiger partial charge in [0.05, 0.1) is 0 Å². The predicted octanol–water partition coefficient (Wildman–Crippen LogP) is 5.11. The highest BCUT2D eigenvalue weighted by Crippen LogP contribution is 2.18. The number of hydrogen-bond donors (Lipinski definition) is 2. The second kappa shape index (κ2) is 9.55. The largest absolute Gasteiger partial charge is 0.489 e. The van der Waals surface area contributed by atoms with Crippen molar-refractivity contribution in [1.82, 2.24) is 0 Å². The van der Waals surface area contributed by atoms with E-state index in [1.807, 2.05) is 44.2 Å². The Balaban J connectivity index is 1.54. The van der Waals surface area contributed by atoms with E-state index in [2.05, 4.69) is 10.6 Å². The Bertz CT molecular complexity index is 950. The van der Waals surface area contributed by atoms with E-state index in [-0.39, 0.29) is 17.7 Å². The minimum atomic E-state index is -0.210. The van der Waals surface area contributed by atoms with E-state index in [4.69, 9.17) is 4.74 Å². The average Bonchev–Trinajstić information content (AvgIpc) is 2.74. The molecule has 0 spiro atoms. The van der Waals surface area contributed by atoms with Crippen molar-refractivity contribution in [2.45, 2.75) is 20.5 Å². The van der Waals surface area contributed by atoms with Crippen molar-refractivity contribution >= 4 is 23.2 Å². The van der Waals surface area contributed by atoms with E-state index in [0.717, 1.165) is 5.56 Å². The van der Waals surface area contributed by atoms with Crippen LogP contribution < -0.4 is 15.4 Å². The third-order valence-electron chi connectivity index (χ3n) is 4.30. The van der Waals surface area contributed by atoms with Crippen LogP contribution in [0.5, 0.6) is 5.75 Å². The summed E-state index contributed by atoms with van der Waals surface area (Å²) >= 11 is 0. The van der Waals surface area contributed by atoms with Crippen LogP contribution in [0.1, 0.15) is 29.8 Å². The quantitative estimate of drug-likeness (QED) is 0.591. The summed E-state index contributed by atoms with van der Waals surface area (Å²) < 4.78 is 5.74. The van der Waals surface area contributed by atoms with Gasteiger partial charge in [-0.05, 0) is 54.1 Å². The predicted molar refractivity (Wildman–Crippen MR) is 115 cm³/mol. The maximum Gasteiger partial charge on any atom is 0.255 e. The SMILES string of the molecule is CC(C)C(=O)Nc1ccc(NC(=O)c2ccc(OCc3ccccc3)cc2)cc1. The first-order chi connectivity index (χ1) is 14.0. The molecular formula is C24H24N2O3. The zero-order valence-electron chi connectivity index (χ0n) is 16.5. The summed E-state index contributed by atoms with van der Waals surface area (Å²) in [5, 5.41) is 5.66. The van der Waals surface area contributed by atoms with E-state index < -0.39 is 0 Å². The fraction of sp³-hybridized carbons (Fsp3) is 0.167. The number of benzene rings is 3. The van der Waals surface area contributed by atoms with Gasteiger partial charge in [0.25, 0.3) is 5.91 Å². The third-order valence-corrected chi connectivity index (χ3v) is 4.30. The molecule has 3 rings (SSSR count). The second-order valence-corrected chi connectivity index (χ2v) is 6.97. The van der Waals surface area contributed by atoms with Gasteiger partial charge in [-0.2, -0.15) is 0 Å². The lowest BCUT2D eigenvalue weighted by Crippen LogP contribution is -2.17. The van der Waals surface area contributed by atoms with Crippen molar-refractivity contribution in [2.75, 3.05) is 10.6 Å². The van der Waals surface area contributed by atoms with E-state index in [0.29, 0.717) is 29.3 Å². The van der Waals surface area contributed by atoms with Gasteiger partial charge in [0.15, 0.2) is 0 Å². The molecule has 0 saturated carbocycles. The molecule has 0 atom stereocenters. The number of nitrogens with one attached hydrogen (secondary N) is 2. The van der Waals surface area contributed by atoms with Crippen LogP contribution >= 0.6 is 0 Å². The lowest BCUT2D eigenvalue weighted by atomic mass is 10.2. The Morgan fingerprint density at radius 2 is 1.38 bits per heavy atom. The van der Waals surface area contributed by atoms with Gasteiger partial charge < -0.3 is 15.4 Å². The number of ether oxygens (including phenoxy) is 1. The molecule has 0 bridgehead atoms. The minimum absolute atomic E-state index is 0.0450. The summed E-state index contributed by atoms with van der Waals surface area (Å²) in [5.74, 6) is 0.361. The lowest BCUT2D eigenvalue weighted by Gasteiger charge is -2.10. The Hall–Kier alpha value is -3.60. The molecule has 5 nitrogen and oxygen atoms in total. The Morgan fingerprint density at radius 3 is 1.97 bits per heavy atom. The zero-order chi connectivity index (χ0) is 20.6. The number of carbonyl (C=O) groups is 2. The molecule has 0 heterocycles. The number of amides is 2. The fourth-order valence-corrected chi connectivity index (χ4v) is 2.57. The van der Waals surface area contributed by atoms with E-state index >= 15 is 0 Å². The van der Waals surface area contributed by atoms with Gasteiger partial charge in [-0.25, -0.2) is 0 Å². The van der Waals surface area contributed by atoms with Crippen molar-refractivity contribution < 1.29 is 14.3 Å². The first-order valence-electron chi connectivity index (χ1n) is 9.50. The Morgan fingerprint density at radius 1 is 0.793 bits per heavy atom. The zero-order valence-corrected chi connectivity index (χ0v) is 16.5. The van der Waals surface area contributed by atoms with Crippen LogP contribution in [0.2, 0.25) is 0 Å². The van der Waals surface area contributed by atoms with Crippen molar-refractivity contribution in [3.05, 3.63) is 90.0 Å². The maximum absolute atomic E-state index is 12.4. The molecule has 0 unspecified atom stereocenters. The monoisotopic (exact) mass is 388 g/mol. The molecule has 5 heteroatoms. The summed E-state index contributed by atoms with van der Waals surface area (Å²) in [7, 11) is 0. The average molecular weight is 388 g/mol. The van der Waals surface area contributed by atoms with Crippen molar-refractivity contribution in [3.63, 3.8) is 0 Å². The highest BCUT2D eigenvalue weighted by Gasteiger charge is 2.09. The lowest BCUT2D eigenvalue weighted by molar-refractivity contribution is -0.118. The summed E-state index contributed by atoms with van der Waals surface area (Å²) in [6.07, 6.45) is 0. The molecule has 0 aliphatic heterocycles. The summed E-state index contributed by atoms with van der Waals surface area (Å²) in [6.45, 7) is 4.15. The van der Waals surface area contributed by atoms with Crippen LogP contribution in [0.3, 0.4) is 0 Å². The van der Waals surface area contributed by atoms with E-state index in [9.17, 15) is 9.59 Å². The Labute approximate surface area is 170 Å². The molecule has 2 amide bonds. The van der Waals surface area contributed by atoms with Gasteiger partial charge in [0.2, 0.25) is 5.91 Å². The number of rotatable bonds is 7. The number of anilines is 2. The van der Waals surface area contributed by atoms with Crippen LogP contribution in [-0.2, 0) is 11.4 Å². The maximum atomic E-state index is 12.4. The first-order valence-corrected chi connectivity index (χ1v) is 9.50. The van der Waals surface area contributed by atoms with Crippen molar-refractivity contribution in [1.29, 1.82) is 0 Å². The molecule has 0 radical (unpaired) electrons. The molecule has 0 aromatic heterocycles. The van der Waals surface area contributed by atoms with Crippen LogP contribution in [-0.4, -0.2) is 11.8 Å². The molecule has 2 N–H and O–H groups in total. The summed E-state index contributed by atoms with van der Waals surface area (Å²) in [6, 6.07) is 24.0. The molecule has 0 fully saturated rings. The molecule has 3 aromatic carbocycles. The second-order valence-electron chi connectivity index (χ2n) is 6.97. The Kier molecular flexibility index (Phi) is 6.63. The van der Waals surface area contributed by atoms with Crippen molar-refractivity contribution in [3.8, 4) is 5.75 Å². The van der Waals surface area contributed by atoms with Crippen LogP contribution in [0, 0.1) is 5.92 Å². The number of carbonyl (C=O) groups excluding carboxylic acids is 2. The summed E-state index contributed by atoms with van der Waals surface area (Å²) in [5.41, 5.74) is 2.97. The highest BCUT2D eigenvalue weighted by molar-refractivity contribution is 6.04. The van der Waals surface area contributed by atoms with Gasteiger partial charge in [-0.3, -0.25) is 9.59 Å². The van der Waals surface area contributed by atoms with Crippen LogP contribution in [0.4, 0.5) is 11.4 Å². The van der Waals surface area contributed by atoms with E-state index in [1.165, 1.54) is 0 Å². The molecule has 148 valence electrons. The molecule has 29 heavy (non-hydrogen) atoms. The standard InChI is InChI=1S/C24H24N2O3/c1-17(2)23(27)25-20-10-12-21(13-11-20)26-24(28)19-8-14-22(15-9-19)29-16-18-6-4-3-5-7-18/h3-15,17H,16H2,1-2H3,(H,25,27)(H,26,28). The smallest absolute Gasteiger partial charge is 0.255 e. The van der Waals surface area contributed by atoms with Crippen LogP contribution in [0.25, 0.3) is 0 Å². The third kappa shape index (κ3) is 5.94. The molecular weight excluding hydrogens is 364 g/mol. The highest BCUT2D eigenvalue weighted by atomic mass is 16.5. The molecule has 0 aliphatic rings. The normalized spacial score (nSPS) is 10.4. The summed E-state index contributed by atoms with van der Waals surface area (Å²) in [4.78, 5) is 24.2. The van der Waals surface area contributed by atoms with Crippen LogP contribution in [0.15, 0.2) is 78.9 Å². The molecule has 0 aliphatic carbocycles. The molecule has 3 aromatic rings. The van der Waals surface area contributed by atoms with Gasteiger partial charge >= 0.3 is 0 Å². The number of hydrogen-bond acceptors (Lipinski definition) is 3.